The third-order valence-electron chi connectivity index (χ3n) is 6.59. The molecule has 0 amide bonds. The highest BCUT2D eigenvalue weighted by molar-refractivity contribution is 7.91. The van der Waals surface area contributed by atoms with Crippen LogP contribution in [0.4, 0.5) is 10.1 Å². The number of aryl methyl sites for hydroxylation is 1. The maximum atomic E-state index is 13.5. The van der Waals surface area contributed by atoms with Crippen LogP contribution in [0.2, 0.25) is 5.02 Å². The van der Waals surface area contributed by atoms with E-state index in [9.17, 15) is 21.2 Å². The number of rotatable bonds is 10. The van der Waals surface area contributed by atoms with E-state index < -0.39 is 19.9 Å². The van der Waals surface area contributed by atoms with Gasteiger partial charge in [0.05, 0.1) is 10.9 Å². The molecule has 10 heteroatoms. The molecule has 2 N–H and O–H groups in total. The van der Waals surface area contributed by atoms with Crippen LogP contribution in [0, 0.1) is 17.2 Å². The molecule has 0 saturated heterocycles. The summed E-state index contributed by atoms with van der Waals surface area (Å²) in [5.41, 5.74) is 0.986. The van der Waals surface area contributed by atoms with Crippen molar-refractivity contribution < 1.29 is 21.2 Å². The Hall–Kier alpha value is -1.68. The summed E-state index contributed by atoms with van der Waals surface area (Å²) in [5, 5.41) is 3.17. The van der Waals surface area contributed by atoms with E-state index in [1.54, 1.807) is 24.3 Å². The van der Waals surface area contributed by atoms with E-state index in [1.807, 2.05) is 20.8 Å². The van der Waals surface area contributed by atoms with Crippen molar-refractivity contribution in [2.24, 2.45) is 11.3 Å². The quantitative estimate of drug-likeness (QED) is 0.437. The Labute approximate surface area is 213 Å². The summed E-state index contributed by atoms with van der Waals surface area (Å²) in [6, 6.07) is 10.5. The Morgan fingerprint density at radius 2 is 1.69 bits per heavy atom. The average molecular weight is 545 g/mol. The summed E-state index contributed by atoms with van der Waals surface area (Å²) in [6.45, 7) is 6.38. The van der Waals surface area contributed by atoms with Gasteiger partial charge in [-0.2, -0.15) is 0 Å². The summed E-state index contributed by atoms with van der Waals surface area (Å²) in [7, 11) is -6.97. The van der Waals surface area contributed by atoms with Crippen molar-refractivity contribution in [1.29, 1.82) is 0 Å². The molecule has 1 saturated carbocycles. The maximum Gasteiger partial charge on any atom is 0.242 e. The molecule has 0 aromatic heterocycles. The van der Waals surface area contributed by atoms with Crippen LogP contribution in [0.15, 0.2) is 47.4 Å². The van der Waals surface area contributed by atoms with Crippen LogP contribution in [0.1, 0.15) is 45.6 Å². The Morgan fingerprint density at radius 1 is 1.06 bits per heavy atom. The van der Waals surface area contributed by atoms with Gasteiger partial charge in [0.25, 0.3) is 0 Å². The monoisotopic (exact) mass is 544 g/mol. The van der Waals surface area contributed by atoms with Gasteiger partial charge in [-0.25, -0.2) is 25.9 Å². The van der Waals surface area contributed by atoms with Gasteiger partial charge in [-0.15, -0.1) is 0 Å². The molecule has 6 nitrogen and oxygen atoms in total. The molecule has 2 aromatic rings. The molecule has 3 rings (SSSR count). The number of hydrogen-bond acceptors (Lipinski definition) is 5. The zero-order chi connectivity index (χ0) is 26.0. The predicted octanol–water partition coefficient (Wildman–Crippen LogP) is 5.04. The smallest absolute Gasteiger partial charge is 0.242 e. The molecule has 2 aromatic carbocycles. The van der Waals surface area contributed by atoms with E-state index in [4.69, 9.17) is 11.6 Å². The summed E-state index contributed by atoms with van der Waals surface area (Å²) >= 11 is 6.16. The van der Waals surface area contributed by atoms with E-state index in [0.29, 0.717) is 42.9 Å². The molecule has 1 aliphatic rings. The number of sulfonamides is 1. The molecule has 0 aliphatic heterocycles. The minimum Gasteiger partial charge on any atom is -0.384 e. The summed E-state index contributed by atoms with van der Waals surface area (Å²) in [6.07, 6.45) is 3.50. The van der Waals surface area contributed by atoms with E-state index >= 15 is 0 Å². The molecular formula is C25H34ClFN2O4S2. The normalized spacial score (nSPS) is 19.7. The molecule has 35 heavy (non-hydrogen) atoms. The molecule has 194 valence electrons. The molecular weight excluding hydrogens is 511 g/mol. The summed E-state index contributed by atoms with van der Waals surface area (Å²) in [4.78, 5) is 0.0556. The molecule has 0 radical (unpaired) electrons. The van der Waals surface area contributed by atoms with Crippen LogP contribution in [-0.2, 0) is 26.3 Å². The topological polar surface area (TPSA) is 92.3 Å². The first kappa shape index (κ1) is 27.9. The highest BCUT2D eigenvalue weighted by Gasteiger charge is 2.36. The molecule has 0 spiro atoms. The van der Waals surface area contributed by atoms with E-state index in [2.05, 4.69) is 10.0 Å². The van der Waals surface area contributed by atoms with Crippen molar-refractivity contribution in [3.05, 3.63) is 58.9 Å². The van der Waals surface area contributed by atoms with Crippen LogP contribution in [0.3, 0.4) is 0 Å². The zero-order valence-electron chi connectivity index (χ0n) is 20.5. The minimum atomic E-state index is -3.93. The highest BCUT2D eigenvalue weighted by atomic mass is 35.5. The maximum absolute atomic E-state index is 13.5. The van der Waals surface area contributed by atoms with Crippen LogP contribution >= 0.6 is 11.6 Å². The van der Waals surface area contributed by atoms with Crippen molar-refractivity contribution in [2.75, 3.05) is 18.1 Å². The lowest BCUT2D eigenvalue weighted by Crippen LogP contribution is -2.44. The van der Waals surface area contributed by atoms with E-state index in [0.717, 1.165) is 5.56 Å². The number of sulfone groups is 1. The lowest BCUT2D eigenvalue weighted by molar-refractivity contribution is 0.284. The molecule has 1 fully saturated rings. The highest BCUT2D eigenvalue weighted by Crippen LogP contribution is 2.34. The van der Waals surface area contributed by atoms with E-state index in [1.165, 1.54) is 24.5 Å². The number of hydrogen-bond donors (Lipinski definition) is 2. The zero-order valence-corrected chi connectivity index (χ0v) is 22.9. The summed E-state index contributed by atoms with van der Waals surface area (Å²) in [5.74, 6) is -0.150. The van der Waals surface area contributed by atoms with Crippen LogP contribution in [0.5, 0.6) is 0 Å². The second kappa shape index (κ2) is 10.7. The van der Waals surface area contributed by atoms with Gasteiger partial charge >= 0.3 is 0 Å². The van der Waals surface area contributed by atoms with Gasteiger partial charge in [0.1, 0.15) is 20.5 Å². The van der Waals surface area contributed by atoms with Gasteiger partial charge in [0.2, 0.25) is 10.0 Å². The Bertz CT molecular complexity index is 1240. The lowest BCUT2D eigenvalue weighted by Gasteiger charge is -2.34. The number of benzene rings is 2. The predicted molar refractivity (Wildman–Crippen MR) is 140 cm³/mol. The SMILES string of the molecule is CC(C)(C)C(CCc1ccc(F)cc1)NS(=O)(=O)c1cc(Cl)ccc1NCC1CC(S(C)(=O)=O)C1. The van der Waals surface area contributed by atoms with Crippen molar-refractivity contribution in [1.82, 2.24) is 4.72 Å². The molecule has 1 atom stereocenters. The van der Waals surface area contributed by atoms with Gasteiger partial charge in [-0.1, -0.05) is 44.5 Å². The van der Waals surface area contributed by atoms with Crippen LogP contribution < -0.4 is 10.0 Å². The number of halogens is 2. The first-order valence-electron chi connectivity index (χ1n) is 11.6. The second-order valence-electron chi connectivity index (χ2n) is 10.5. The molecule has 0 heterocycles. The lowest BCUT2D eigenvalue weighted by atomic mass is 9.84. The first-order valence-corrected chi connectivity index (χ1v) is 15.5. The molecule has 0 bridgehead atoms. The van der Waals surface area contributed by atoms with Crippen LogP contribution in [-0.4, -0.2) is 40.9 Å². The van der Waals surface area contributed by atoms with E-state index in [-0.39, 0.29) is 33.3 Å². The van der Waals surface area contributed by atoms with Crippen LogP contribution in [0.25, 0.3) is 0 Å². The van der Waals surface area contributed by atoms with Crippen molar-refractivity contribution in [3.63, 3.8) is 0 Å². The van der Waals surface area contributed by atoms with Gasteiger partial charge in [0.15, 0.2) is 0 Å². The first-order chi connectivity index (χ1) is 16.1. The minimum absolute atomic E-state index is 0.0556. The van der Waals surface area contributed by atoms with Crippen molar-refractivity contribution in [3.8, 4) is 0 Å². The Balaban J connectivity index is 1.73. The van der Waals surface area contributed by atoms with Gasteiger partial charge in [-0.3, -0.25) is 0 Å². The van der Waals surface area contributed by atoms with Crippen molar-refractivity contribution in [2.45, 2.75) is 62.6 Å². The third kappa shape index (κ3) is 7.65. The molecule has 1 aliphatic carbocycles. The number of nitrogens with one attached hydrogen (secondary N) is 2. The Morgan fingerprint density at radius 3 is 2.26 bits per heavy atom. The van der Waals surface area contributed by atoms with Crippen molar-refractivity contribution >= 4 is 37.1 Å². The Kier molecular flexibility index (Phi) is 8.57. The van der Waals surface area contributed by atoms with Gasteiger partial charge in [0, 0.05) is 23.9 Å². The fourth-order valence-corrected chi connectivity index (χ4v) is 7.36. The third-order valence-corrected chi connectivity index (χ3v) is 9.93. The standard InChI is InChI=1S/C25H34ClFN2O4S2/c1-25(2,3)24(12-7-17-5-9-20(27)10-6-17)29-35(32,33)23-15-19(26)8-11-22(23)28-16-18-13-21(14-18)34(4,30)31/h5-6,8-11,15,18,21,24,28-29H,7,12-14,16H2,1-4H3. The average Bonchev–Trinajstić information content (AvgIpc) is 2.70. The van der Waals surface area contributed by atoms with Gasteiger partial charge < -0.3 is 5.32 Å². The molecule has 1 unspecified atom stereocenters. The van der Waals surface area contributed by atoms with Gasteiger partial charge in [-0.05, 0) is 72.9 Å². The summed E-state index contributed by atoms with van der Waals surface area (Å²) < 4.78 is 66.4. The second-order valence-corrected chi connectivity index (χ2v) is 15.0. The fourth-order valence-electron chi connectivity index (χ4n) is 4.19. The fraction of sp³-hybridized carbons (Fsp3) is 0.520. The number of anilines is 1. The largest absolute Gasteiger partial charge is 0.384 e.